The van der Waals surface area contributed by atoms with E-state index >= 15 is 0 Å². The molecular weight excluding hydrogens is 389 g/mol. The van der Waals surface area contributed by atoms with Crippen LogP contribution in [0.3, 0.4) is 0 Å². The fourth-order valence-electron chi connectivity index (χ4n) is 4.57. The average molecular weight is 413 g/mol. The van der Waals surface area contributed by atoms with Crippen molar-refractivity contribution in [1.29, 1.82) is 0 Å². The smallest absolute Gasteiger partial charge is 0.233 e. The fraction of sp³-hybridized carbons (Fsp3) is 0.231. The number of anilines is 1. The summed E-state index contributed by atoms with van der Waals surface area (Å²) in [5.74, 6) is -0.204. The van der Waals surface area contributed by atoms with Crippen LogP contribution in [0.25, 0.3) is 16.9 Å². The molecule has 1 unspecified atom stereocenters. The van der Waals surface area contributed by atoms with Crippen LogP contribution < -0.4 is 4.90 Å². The van der Waals surface area contributed by atoms with Crippen LogP contribution in [0.1, 0.15) is 29.3 Å². The molecule has 1 aliphatic rings. The first-order valence-corrected chi connectivity index (χ1v) is 10.6. The Hall–Kier alpha value is -3.47. The maximum absolute atomic E-state index is 13.9. The lowest BCUT2D eigenvalue weighted by atomic mass is 10.0. The number of aromatic nitrogens is 2. The van der Waals surface area contributed by atoms with E-state index in [-0.39, 0.29) is 24.2 Å². The zero-order chi connectivity index (χ0) is 21.7. The predicted octanol–water partition coefficient (Wildman–Crippen LogP) is 5.28. The van der Waals surface area contributed by atoms with Crippen LogP contribution in [0.5, 0.6) is 0 Å². The summed E-state index contributed by atoms with van der Waals surface area (Å²) in [6.45, 7) is 5.85. The number of aryl methyl sites for hydroxylation is 2. The van der Waals surface area contributed by atoms with Gasteiger partial charge in [0, 0.05) is 23.5 Å². The van der Waals surface area contributed by atoms with Crippen molar-refractivity contribution in [3.63, 3.8) is 0 Å². The molecule has 0 saturated carbocycles. The Morgan fingerprint density at radius 3 is 2.74 bits per heavy atom. The molecule has 156 valence electrons. The van der Waals surface area contributed by atoms with Crippen molar-refractivity contribution in [2.45, 2.75) is 39.7 Å². The van der Waals surface area contributed by atoms with E-state index in [4.69, 9.17) is 4.98 Å². The number of hydrogen-bond donors (Lipinski definition) is 0. The zero-order valence-corrected chi connectivity index (χ0v) is 17.9. The van der Waals surface area contributed by atoms with Crippen LogP contribution >= 0.6 is 0 Å². The van der Waals surface area contributed by atoms with Crippen molar-refractivity contribution in [2.24, 2.45) is 0 Å². The second kappa shape index (κ2) is 7.34. The minimum atomic E-state index is -0.247. The van der Waals surface area contributed by atoms with E-state index in [1.807, 2.05) is 52.8 Å². The molecule has 0 bridgehead atoms. The van der Waals surface area contributed by atoms with Crippen LogP contribution in [0, 0.1) is 19.7 Å². The highest BCUT2D eigenvalue weighted by molar-refractivity contribution is 5.98. The van der Waals surface area contributed by atoms with Crippen molar-refractivity contribution in [2.75, 3.05) is 4.90 Å². The van der Waals surface area contributed by atoms with Crippen LogP contribution in [-0.4, -0.2) is 21.3 Å². The summed E-state index contributed by atoms with van der Waals surface area (Å²) < 4.78 is 15.9. The number of hydrogen-bond acceptors (Lipinski definition) is 2. The normalized spacial score (nSPS) is 15.5. The number of nitrogens with zero attached hydrogens (tertiary/aromatic N) is 3. The van der Waals surface area contributed by atoms with Crippen molar-refractivity contribution in [1.82, 2.24) is 9.38 Å². The Bertz CT molecular complexity index is 1320. The molecule has 2 aromatic carbocycles. The first-order valence-electron chi connectivity index (χ1n) is 10.6. The lowest BCUT2D eigenvalue weighted by molar-refractivity contribution is -0.118. The van der Waals surface area contributed by atoms with E-state index in [0.717, 1.165) is 40.3 Å². The SMILES string of the molecule is Cc1ccc2nc(-c3ccc(F)c(C)c3)c(CC(=O)N3c4ccccc4CC3C)n2c1. The van der Waals surface area contributed by atoms with Gasteiger partial charge >= 0.3 is 0 Å². The lowest BCUT2D eigenvalue weighted by Crippen LogP contribution is -2.37. The molecule has 5 heteroatoms. The van der Waals surface area contributed by atoms with Gasteiger partial charge in [-0.2, -0.15) is 0 Å². The highest BCUT2D eigenvalue weighted by Crippen LogP contribution is 2.33. The van der Waals surface area contributed by atoms with Gasteiger partial charge in [0.25, 0.3) is 0 Å². The van der Waals surface area contributed by atoms with Crippen molar-refractivity contribution < 1.29 is 9.18 Å². The van der Waals surface area contributed by atoms with Gasteiger partial charge in [-0.25, -0.2) is 9.37 Å². The summed E-state index contributed by atoms with van der Waals surface area (Å²) in [5, 5.41) is 0. The molecule has 4 nitrogen and oxygen atoms in total. The molecule has 4 aromatic rings. The summed E-state index contributed by atoms with van der Waals surface area (Å²) in [6.07, 6.45) is 3.08. The molecule has 0 saturated heterocycles. The highest BCUT2D eigenvalue weighted by atomic mass is 19.1. The molecule has 0 spiro atoms. The third-order valence-electron chi connectivity index (χ3n) is 6.09. The maximum atomic E-state index is 13.9. The highest BCUT2D eigenvalue weighted by Gasteiger charge is 2.31. The van der Waals surface area contributed by atoms with Gasteiger partial charge in [-0.15, -0.1) is 0 Å². The molecule has 0 radical (unpaired) electrons. The van der Waals surface area contributed by atoms with Crippen LogP contribution in [-0.2, 0) is 17.6 Å². The summed E-state index contributed by atoms with van der Waals surface area (Å²) in [6, 6.07) is 17.2. The molecule has 1 aliphatic heterocycles. The third-order valence-corrected chi connectivity index (χ3v) is 6.09. The second-order valence-electron chi connectivity index (χ2n) is 8.43. The molecule has 0 fully saturated rings. The third kappa shape index (κ3) is 3.30. The fourth-order valence-corrected chi connectivity index (χ4v) is 4.57. The van der Waals surface area contributed by atoms with Gasteiger partial charge in [0.1, 0.15) is 11.5 Å². The summed E-state index contributed by atoms with van der Waals surface area (Å²) in [4.78, 5) is 20.3. The standard InChI is InChI=1S/C26H24FN3O/c1-16-8-11-24-28-26(20-9-10-21(27)17(2)12-20)23(29(24)15-16)14-25(31)30-18(3)13-19-6-4-5-7-22(19)30/h4-12,15,18H,13-14H2,1-3H3. The molecule has 3 heterocycles. The van der Waals surface area contributed by atoms with Crippen LogP contribution in [0.4, 0.5) is 10.1 Å². The Kier molecular flexibility index (Phi) is 4.62. The number of amides is 1. The van der Waals surface area contributed by atoms with E-state index in [2.05, 4.69) is 13.0 Å². The number of halogens is 1. The number of fused-ring (bicyclic) bond motifs is 2. The predicted molar refractivity (Wildman–Crippen MR) is 121 cm³/mol. The Balaban J connectivity index is 1.61. The van der Waals surface area contributed by atoms with Gasteiger partial charge in [-0.3, -0.25) is 4.79 Å². The topological polar surface area (TPSA) is 37.6 Å². The number of para-hydroxylation sites is 1. The molecule has 31 heavy (non-hydrogen) atoms. The van der Waals surface area contributed by atoms with E-state index < -0.39 is 0 Å². The van der Waals surface area contributed by atoms with Gasteiger partial charge in [0.05, 0.1) is 17.8 Å². The van der Waals surface area contributed by atoms with E-state index in [1.165, 1.54) is 11.6 Å². The molecule has 1 amide bonds. The number of imidazole rings is 1. The Labute approximate surface area is 181 Å². The number of carbonyl (C=O) groups excluding carboxylic acids is 1. The molecular formula is C26H24FN3O. The number of carbonyl (C=O) groups is 1. The second-order valence-corrected chi connectivity index (χ2v) is 8.43. The number of benzene rings is 2. The van der Waals surface area contributed by atoms with Gasteiger partial charge in [-0.1, -0.05) is 24.3 Å². The molecule has 2 aromatic heterocycles. The molecule has 0 N–H and O–H groups in total. The zero-order valence-electron chi connectivity index (χ0n) is 17.9. The quantitative estimate of drug-likeness (QED) is 0.458. The average Bonchev–Trinajstić information content (AvgIpc) is 3.26. The summed E-state index contributed by atoms with van der Waals surface area (Å²) in [7, 11) is 0. The van der Waals surface area contributed by atoms with E-state index in [1.54, 1.807) is 19.1 Å². The van der Waals surface area contributed by atoms with Gasteiger partial charge in [-0.05, 0) is 74.2 Å². The minimum absolute atomic E-state index is 0.0424. The summed E-state index contributed by atoms with van der Waals surface area (Å²) >= 11 is 0. The Morgan fingerprint density at radius 1 is 1.13 bits per heavy atom. The number of pyridine rings is 1. The first kappa shape index (κ1) is 19.5. The van der Waals surface area contributed by atoms with Crippen molar-refractivity contribution >= 4 is 17.2 Å². The Morgan fingerprint density at radius 2 is 1.94 bits per heavy atom. The molecule has 1 atom stereocenters. The van der Waals surface area contributed by atoms with Crippen LogP contribution in [0.2, 0.25) is 0 Å². The summed E-state index contributed by atoms with van der Waals surface area (Å²) in [5.41, 5.74) is 6.98. The van der Waals surface area contributed by atoms with Crippen molar-refractivity contribution in [3.05, 3.63) is 89.0 Å². The van der Waals surface area contributed by atoms with Crippen molar-refractivity contribution in [3.8, 4) is 11.3 Å². The largest absolute Gasteiger partial charge is 0.309 e. The monoisotopic (exact) mass is 413 g/mol. The van der Waals surface area contributed by atoms with Gasteiger partial charge in [0.2, 0.25) is 5.91 Å². The number of rotatable bonds is 3. The molecule has 5 rings (SSSR count). The van der Waals surface area contributed by atoms with E-state index in [0.29, 0.717) is 5.56 Å². The van der Waals surface area contributed by atoms with Gasteiger partial charge < -0.3 is 9.30 Å². The lowest BCUT2D eigenvalue weighted by Gasteiger charge is -2.23. The van der Waals surface area contributed by atoms with E-state index in [9.17, 15) is 9.18 Å². The molecule has 0 aliphatic carbocycles. The van der Waals surface area contributed by atoms with Gasteiger partial charge in [0.15, 0.2) is 0 Å². The minimum Gasteiger partial charge on any atom is -0.309 e. The maximum Gasteiger partial charge on any atom is 0.233 e. The van der Waals surface area contributed by atoms with Crippen LogP contribution in [0.15, 0.2) is 60.8 Å². The first-order chi connectivity index (χ1) is 14.9.